The molecule has 0 aliphatic heterocycles. The van der Waals surface area contributed by atoms with E-state index in [1.807, 2.05) is 75.5 Å². The molecular weight excluding hydrogens is 500 g/mol. The van der Waals surface area contributed by atoms with Gasteiger partial charge in [0.05, 0.1) is 12.2 Å². The first kappa shape index (κ1) is 25.5. The number of halogens is 1. The number of ether oxygens (including phenoxy) is 2. The van der Waals surface area contributed by atoms with Crippen molar-refractivity contribution in [1.82, 2.24) is 20.3 Å². The molecule has 0 saturated carbocycles. The molecule has 194 valence electrons. The Labute approximate surface area is 226 Å². The zero-order valence-corrected chi connectivity index (χ0v) is 22.3. The summed E-state index contributed by atoms with van der Waals surface area (Å²) in [6, 6.07) is 17.6. The number of amides is 1. The highest BCUT2D eigenvalue weighted by atomic mass is 35.5. The van der Waals surface area contributed by atoms with Crippen LogP contribution in [0.1, 0.15) is 26.3 Å². The minimum absolute atomic E-state index is 0.239. The summed E-state index contributed by atoms with van der Waals surface area (Å²) in [7, 11) is 0. The molecule has 0 spiro atoms. The van der Waals surface area contributed by atoms with E-state index in [0.717, 1.165) is 38.4 Å². The lowest BCUT2D eigenvalue weighted by molar-refractivity contribution is 0.0488. The highest BCUT2D eigenvalue weighted by Gasteiger charge is 2.21. The van der Waals surface area contributed by atoms with Gasteiger partial charge in [-0.15, -0.1) is 0 Å². The van der Waals surface area contributed by atoms with Gasteiger partial charge in [-0.3, -0.25) is 4.98 Å². The van der Waals surface area contributed by atoms with Crippen LogP contribution in [0.15, 0.2) is 79.4 Å². The molecular formula is C30H29ClN4O3. The molecule has 3 aromatic heterocycles. The molecule has 8 heteroatoms. The summed E-state index contributed by atoms with van der Waals surface area (Å²) in [5.74, 6) is 0.602. The predicted octanol–water partition coefficient (Wildman–Crippen LogP) is 6.95. The van der Waals surface area contributed by atoms with Gasteiger partial charge >= 0.3 is 6.09 Å². The zero-order chi connectivity index (χ0) is 26.7. The molecule has 2 aromatic carbocycles. The number of pyridine rings is 2. The summed E-state index contributed by atoms with van der Waals surface area (Å²) >= 11 is 6.08. The summed E-state index contributed by atoms with van der Waals surface area (Å²) in [5.41, 5.74) is 3.42. The Kier molecular flexibility index (Phi) is 7.20. The van der Waals surface area contributed by atoms with Crippen LogP contribution in [0, 0.1) is 0 Å². The van der Waals surface area contributed by atoms with Gasteiger partial charge in [-0.2, -0.15) is 0 Å². The number of hydrogen-bond donors (Lipinski definition) is 2. The van der Waals surface area contributed by atoms with Gasteiger partial charge in [0, 0.05) is 40.4 Å². The fourth-order valence-corrected chi connectivity index (χ4v) is 4.50. The third-order valence-electron chi connectivity index (χ3n) is 6.05. The summed E-state index contributed by atoms with van der Waals surface area (Å²) in [6.07, 6.45) is 7.27. The highest BCUT2D eigenvalue weighted by molar-refractivity contribution is 6.30. The third-order valence-corrected chi connectivity index (χ3v) is 6.25. The molecule has 0 saturated heterocycles. The fourth-order valence-electron chi connectivity index (χ4n) is 4.34. The molecule has 0 fully saturated rings. The van der Waals surface area contributed by atoms with Crippen LogP contribution in [0.25, 0.3) is 32.8 Å². The van der Waals surface area contributed by atoms with E-state index in [9.17, 15) is 4.79 Å². The first-order valence-corrected chi connectivity index (χ1v) is 12.8. The molecule has 7 nitrogen and oxygen atoms in total. The van der Waals surface area contributed by atoms with Crippen LogP contribution in [-0.4, -0.2) is 39.3 Å². The number of rotatable bonds is 7. The van der Waals surface area contributed by atoms with Crippen molar-refractivity contribution >= 4 is 39.4 Å². The molecule has 2 N–H and O–H groups in total. The van der Waals surface area contributed by atoms with Crippen LogP contribution in [0.2, 0.25) is 5.15 Å². The first-order chi connectivity index (χ1) is 18.2. The zero-order valence-electron chi connectivity index (χ0n) is 21.5. The van der Waals surface area contributed by atoms with Gasteiger partial charge in [0.2, 0.25) is 0 Å². The minimum Gasteiger partial charge on any atom is -0.490 e. The van der Waals surface area contributed by atoms with E-state index in [0.29, 0.717) is 17.3 Å². The molecule has 38 heavy (non-hydrogen) atoms. The molecule has 0 unspecified atom stereocenters. The number of hydrogen-bond acceptors (Lipinski definition) is 5. The van der Waals surface area contributed by atoms with Crippen molar-refractivity contribution in [1.29, 1.82) is 0 Å². The molecule has 1 atom stereocenters. The number of H-pyrrole nitrogens is 1. The number of aromatic nitrogens is 3. The van der Waals surface area contributed by atoms with Crippen LogP contribution in [0.3, 0.4) is 0 Å². The Bertz CT molecular complexity index is 1590. The number of benzene rings is 2. The Morgan fingerprint density at radius 3 is 2.71 bits per heavy atom. The number of para-hydroxylation sites is 1. The van der Waals surface area contributed by atoms with E-state index in [2.05, 4.69) is 26.3 Å². The molecule has 0 bridgehead atoms. The molecule has 3 heterocycles. The number of alkyl carbamates (subject to hydrolysis) is 1. The maximum absolute atomic E-state index is 12.6. The first-order valence-electron chi connectivity index (χ1n) is 12.4. The molecule has 0 aliphatic rings. The van der Waals surface area contributed by atoms with Crippen LogP contribution < -0.4 is 10.1 Å². The van der Waals surface area contributed by atoms with Crippen molar-refractivity contribution in [2.24, 2.45) is 0 Å². The average Bonchev–Trinajstić information content (AvgIpc) is 3.28. The second kappa shape index (κ2) is 10.7. The summed E-state index contributed by atoms with van der Waals surface area (Å²) in [6.45, 7) is 5.76. The van der Waals surface area contributed by atoms with E-state index in [1.54, 1.807) is 18.6 Å². The normalized spacial score (nSPS) is 12.4. The Morgan fingerprint density at radius 1 is 1.03 bits per heavy atom. The lowest BCUT2D eigenvalue weighted by Gasteiger charge is -2.24. The van der Waals surface area contributed by atoms with Gasteiger partial charge in [-0.1, -0.05) is 41.9 Å². The topological polar surface area (TPSA) is 89.1 Å². The third kappa shape index (κ3) is 6.23. The summed E-state index contributed by atoms with van der Waals surface area (Å²) in [5, 5.41) is 6.54. The lowest BCUT2D eigenvalue weighted by atomic mass is 10.0. The van der Waals surface area contributed by atoms with Gasteiger partial charge in [0.15, 0.2) is 0 Å². The summed E-state index contributed by atoms with van der Waals surface area (Å²) < 4.78 is 11.7. The number of carbonyl (C=O) groups excluding carboxylic acids is 1. The molecule has 0 aliphatic carbocycles. The molecule has 5 rings (SSSR count). The van der Waals surface area contributed by atoms with Crippen molar-refractivity contribution in [3.63, 3.8) is 0 Å². The predicted molar refractivity (Wildman–Crippen MR) is 151 cm³/mol. The quantitative estimate of drug-likeness (QED) is 0.223. The highest BCUT2D eigenvalue weighted by Crippen LogP contribution is 2.27. The number of nitrogens with zero attached hydrogens (tertiary/aromatic N) is 2. The van der Waals surface area contributed by atoms with E-state index in [4.69, 9.17) is 21.1 Å². The van der Waals surface area contributed by atoms with Gasteiger partial charge in [0.1, 0.15) is 23.1 Å². The Balaban J connectivity index is 1.34. The largest absolute Gasteiger partial charge is 0.490 e. The smallest absolute Gasteiger partial charge is 0.408 e. The van der Waals surface area contributed by atoms with Gasteiger partial charge < -0.3 is 19.8 Å². The number of aromatic amines is 1. The molecule has 0 radical (unpaired) electrons. The van der Waals surface area contributed by atoms with Crippen molar-refractivity contribution in [3.05, 3.63) is 90.1 Å². The van der Waals surface area contributed by atoms with Crippen LogP contribution in [0.4, 0.5) is 4.79 Å². The fraction of sp³-hybridized carbons (Fsp3) is 0.233. The number of carbonyl (C=O) groups is 1. The maximum Gasteiger partial charge on any atom is 0.408 e. The van der Waals surface area contributed by atoms with Gasteiger partial charge in [0.25, 0.3) is 0 Å². The second-order valence-electron chi connectivity index (χ2n) is 10.2. The second-order valence-corrected chi connectivity index (χ2v) is 10.6. The van der Waals surface area contributed by atoms with Crippen LogP contribution >= 0.6 is 11.6 Å². The van der Waals surface area contributed by atoms with Crippen molar-refractivity contribution in [2.75, 3.05) is 6.61 Å². The van der Waals surface area contributed by atoms with Crippen LogP contribution in [-0.2, 0) is 11.2 Å². The number of nitrogens with one attached hydrogen (secondary N) is 2. The monoisotopic (exact) mass is 528 g/mol. The van der Waals surface area contributed by atoms with E-state index in [1.165, 1.54) is 0 Å². The average molecular weight is 529 g/mol. The van der Waals surface area contributed by atoms with Gasteiger partial charge in [-0.05, 0) is 68.0 Å². The van der Waals surface area contributed by atoms with Crippen molar-refractivity contribution in [2.45, 2.75) is 38.8 Å². The van der Waals surface area contributed by atoms with Crippen molar-refractivity contribution < 1.29 is 14.3 Å². The lowest BCUT2D eigenvalue weighted by Crippen LogP contribution is -2.43. The standard InChI is InChI=1S/C30H29ClN4O3/c1-30(2,3)38-29(36)35-24(11-23-16-33-27-7-5-4-6-26(23)27)18-37-25-12-22(14-32-17-25)19-8-9-20-15-34-28(31)13-21(20)10-19/h4-10,12-17,24,33H,11,18H2,1-3H3,(H,35,36)/t24-/m0/s1. The van der Waals surface area contributed by atoms with E-state index < -0.39 is 11.7 Å². The van der Waals surface area contributed by atoms with Gasteiger partial charge in [-0.25, -0.2) is 9.78 Å². The van der Waals surface area contributed by atoms with Crippen LogP contribution in [0.5, 0.6) is 5.75 Å². The van der Waals surface area contributed by atoms with Crippen molar-refractivity contribution in [3.8, 4) is 16.9 Å². The Hall–Kier alpha value is -4.10. The maximum atomic E-state index is 12.6. The molecule has 1 amide bonds. The SMILES string of the molecule is CC(C)(C)OC(=O)N[C@H](COc1cncc(-c2ccc3cnc(Cl)cc3c2)c1)Cc1c[nH]c2ccccc12. The number of fused-ring (bicyclic) bond motifs is 2. The Morgan fingerprint density at radius 2 is 1.87 bits per heavy atom. The minimum atomic E-state index is -0.603. The van der Waals surface area contributed by atoms with E-state index >= 15 is 0 Å². The summed E-state index contributed by atoms with van der Waals surface area (Å²) in [4.78, 5) is 24.4. The molecule has 5 aromatic rings. The van der Waals surface area contributed by atoms with E-state index in [-0.39, 0.29) is 12.6 Å².